The molecule has 0 aliphatic heterocycles. The summed E-state index contributed by atoms with van der Waals surface area (Å²) >= 11 is 0. The van der Waals surface area contributed by atoms with Crippen LogP contribution in [0, 0.1) is 17.6 Å². The maximum atomic E-state index is 13.6. The number of benzene rings is 1. The van der Waals surface area contributed by atoms with E-state index < -0.39 is 11.6 Å². The molecule has 0 saturated heterocycles. The van der Waals surface area contributed by atoms with E-state index in [0.29, 0.717) is 12.0 Å². The van der Waals surface area contributed by atoms with Gasteiger partial charge >= 0.3 is 0 Å². The van der Waals surface area contributed by atoms with Crippen molar-refractivity contribution in [3.8, 4) is 0 Å². The summed E-state index contributed by atoms with van der Waals surface area (Å²) in [6.07, 6.45) is 5.00. The first-order chi connectivity index (χ1) is 8.59. The molecule has 1 fully saturated rings. The van der Waals surface area contributed by atoms with Crippen LogP contribution in [0.5, 0.6) is 0 Å². The molecule has 0 amide bonds. The van der Waals surface area contributed by atoms with E-state index in [1.54, 1.807) is 0 Å². The molecule has 1 aromatic carbocycles. The summed E-state index contributed by atoms with van der Waals surface area (Å²) in [5.74, 6) is -0.287. The number of nitrogens with one attached hydrogen (secondary N) is 1. The van der Waals surface area contributed by atoms with Crippen LogP contribution in [0.2, 0.25) is 0 Å². The lowest BCUT2D eigenvalue weighted by Gasteiger charge is -2.25. The van der Waals surface area contributed by atoms with Crippen LogP contribution in [0.3, 0.4) is 0 Å². The molecule has 0 bridgehead atoms. The smallest absolute Gasteiger partial charge is 0.130 e. The van der Waals surface area contributed by atoms with E-state index in [-0.39, 0.29) is 11.6 Å². The van der Waals surface area contributed by atoms with E-state index in [9.17, 15) is 8.78 Å². The van der Waals surface area contributed by atoms with Crippen molar-refractivity contribution in [1.82, 2.24) is 5.32 Å². The standard InChI is InChI=1S/C15H21F2N/c1-10(12-6-3-4-7-12)18-11(2)15-13(16)8-5-9-14(15)17/h5,8-12,18H,3-4,6-7H2,1-2H3. The molecule has 2 rings (SSSR count). The van der Waals surface area contributed by atoms with E-state index in [2.05, 4.69) is 12.2 Å². The fraction of sp³-hybridized carbons (Fsp3) is 0.600. The van der Waals surface area contributed by atoms with Crippen LogP contribution in [0.1, 0.15) is 51.1 Å². The van der Waals surface area contributed by atoms with Crippen molar-refractivity contribution >= 4 is 0 Å². The van der Waals surface area contributed by atoms with E-state index in [1.807, 2.05) is 6.92 Å². The van der Waals surface area contributed by atoms with Gasteiger partial charge in [0.15, 0.2) is 0 Å². The van der Waals surface area contributed by atoms with Crippen molar-refractivity contribution in [3.05, 3.63) is 35.4 Å². The van der Waals surface area contributed by atoms with Crippen LogP contribution in [0.25, 0.3) is 0 Å². The average Bonchev–Trinajstić information content (AvgIpc) is 2.81. The summed E-state index contributed by atoms with van der Waals surface area (Å²) in [4.78, 5) is 0. The molecule has 1 aliphatic rings. The van der Waals surface area contributed by atoms with Gasteiger partial charge in [0.2, 0.25) is 0 Å². The molecule has 1 nitrogen and oxygen atoms in total. The maximum Gasteiger partial charge on any atom is 0.130 e. The van der Waals surface area contributed by atoms with Crippen LogP contribution >= 0.6 is 0 Å². The Balaban J connectivity index is 2.04. The highest BCUT2D eigenvalue weighted by Crippen LogP contribution is 2.29. The van der Waals surface area contributed by atoms with E-state index in [0.717, 1.165) is 0 Å². The van der Waals surface area contributed by atoms with Gasteiger partial charge in [0.05, 0.1) is 0 Å². The lowest BCUT2D eigenvalue weighted by Crippen LogP contribution is -2.35. The minimum absolute atomic E-state index is 0.155. The Labute approximate surface area is 108 Å². The number of hydrogen-bond acceptors (Lipinski definition) is 1. The highest BCUT2D eigenvalue weighted by atomic mass is 19.1. The third-order valence-electron chi connectivity index (χ3n) is 4.05. The van der Waals surface area contributed by atoms with Crippen LogP contribution in [-0.4, -0.2) is 6.04 Å². The van der Waals surface area contributed by atoms with Crippen molar-refractivity contribution in [1.29, 1.82) is 0 Å². The van der Waals surface area contributed by atoms with Gasteiger partial charge in [-0.15, -0.1) is 0 Å². The molecular formula is C15H21F2N. The summed E-state index contributed by atoms with van der Waals surface area (Å²) in [6.45, 7) is 3.94. The molecule has 3 heteroatoms. The van der Waals surface area contributed by atoms with Crippen LogP contribution < -0.4 is 5.32 Å². The number of halogens is 2. The highest BCUT2D eigenvalue weighted by Gasteiger charge is 2.24. The Morgan fingerprint density at radius 2 is 1.67 bits per heavy atom. The number of hydrogen-bond donors (Lipinski definition) is 1. The van der Waals surface area contributed by atoms with Crippen molar-refractivity contribution in [2.75, 3.05) is 0 Å². The van der Waals surface area contributed by atoms with Crippen molar-refractivity contribution in [2.45, 2.75) is 51.6 Å². The van der Waals surface area contributed by atoms with E-state index in [4.69, 9.17) is 0 Å². The van der Waals surface area contributed by atoms with Gasteiger partial charge in [-0.25, -0.2) is 8.78 Å². The summed E-state index contributed by atoms with van der Waals surface area (Å²) in [6, 6.07) is 4.05. The zero-order valence-electron chi connectivity index (χ0n) is 11.0. The van der Waals surface area contributed by atoms with Gasteiger partial charge in [-0.05, 0) is 44.7 Å². The monoisotopic (exact) mass is 253 g/mol. The fourth-order valence-corrected chi connectivity index (χ4v) is 3.00. The second-order valence-electron chi connectivity index (χ2n) is 5.36. The van der Waals surface area contributed by atoms with Crippen LogP contribution in [-0.2, 0) is 0 Å². The zero-order valence-corrected chi connectivity index (χ0v) is 11.0. The lowest BCUT2D eigenvalue weighted by molar-refractivity contribution is 0.343. The second kappa shape index (κ2) is 5.79. The Morgan fingerprint density at radius 3 is 2.22 bits per heavy atom. The van der Waals surface area contributed by atoms with Gasteiger partial charge in [0, 0.05) is 17.6 Å². The predicted octanol–water partition coefficient (Wildman–Crippen LogP) is 4.19. The average molecular weight is 253 g/mol. The maximum absolute atomic E-state index is 13.6. The van der Waals surface area contributed by atoms with E-state index in [1.165, 1.54) is 43.9 Å². The SMILES string of the molecule is CC(NC(C)C1CCCC1)c1c(F)cccc1F. The molecule has 2 unspecified atom stereocenters. The molecule has 1 aromatic rings. The molecule has 0 aromatic heterocycles. The summed E-state index contributed by atoms with van der Waals surface area (Å²) < 4.78 is 27.3. The van der Waals surface area contributed by atoms with Gasteiger partial charge in [-0.3, -0.25) is 0 Å². The predicted molar refractivity (Wildman–Crippen MR) is 69.3 cm³/mol. The van der Waals surface area contributed by atoms with Crippen molar-refractivity contribution in [2.24, 2.45) is 5.92 Å². The van der Waals surface area contributed by atoms with Crippen molar-refractivity contribution < 1.29 is 8.78 Å². The largest absolute Gasteiger partial charge is 0.307 e. The fourth-order valence-electron chi connectivity index (χ4n) is 3.00. The van der Waals surface area contributed by atoms with Crippen LogP contribution in [0.15, 0.2) is 18.2 Å². The number of rotatable bonds is 4. The Hall–Kier alpha value is -0.960. The zero-order chi connectivity index (χ0) is 13.1. The van der Waals surface area contributed by atoms with Gasteiger partial charge in [0.1, 0.15) is 11.6 Å². The van der Waals surface area contributed by atoms with Gasteiger partial charge in [0.25, 0.3) is 0 Å². The molecule has 0 spiro atoms. The first kappa shape index (κ1) is 13.5. The lowest BCUT2D eigenvalue weighted by atomic mass is 9.97. The molecule has 0 radical (unpaired) electrons. The Bertz CT molecular complexity index is 379. The first-order valence-electron chi connectivity index (χ1n) is 6.79. The van der Waals surface area contributed by atoms with E-state index >= 15 is 0 Å². The third-order valence-corrected chi connectivity index (χ3v) is 4.05. The van der Waals surface area contributed by atoms with Crippen LogP contribution in [0.4, 0.5) is 8.78 Å². The third kappa shape index (κ3) is 2.89. The van der Waals surface area contributed by atoms with Gasteiger partial charge in [-0.1, -0.05) is 18.9 Å². The van der Waals surface area contributed by atoms with Gasteiger partial charge < -0.3 is 5.32 Å². The molecule has 2 atom stereocenters. The Morgan fingerprint density at radius 1 is 1.11 bits per heavy atom. The first-order valence-corrected chi connectivity index (χ1v) is 6.79. The quantitative estimate of drug-likeness (QED) is 0.848. The van der Waals surface area contributed by atoms with Crippen molar-refractivity contribution in [3.63, 3.8) is 0 Å². The highest BCUT2D eigenvalue weighted by molar-refractivity contribution is 5.22. The minimum atomic E-state index is -0.464. The Kier molecular flexibility index (Phi) is 4.33. The molecule has 100 valence electrons. The molecule has 1 aliphatic carbocycles. The molecular weight excluding hydrogens is 232 g/mol. The van der Waals surface area contributed by atoms with Gasteiger partial charge in [-0.2, -0.15) is 0 Å². The summed E-state index contributed by atoms with van der Waals surface area (Å²) in [5, 5.41) is 3.34. The minimum Gasteiger partial charge on any atom is -0.307 e. The normalized spacial score (nSPS) is 20.0. The molecule has 0 heterocycles. The molecule has 1 N–H and O–H groups in total. The molecule has 18 heavy (non-hydrogen) atoms. The summed E-state index contributed by atoms with van der Waals surface area (Å²) in [7, 11) is 0. The second-order valence-corrected chi connectivity index (χ2v) is 5.36. The topological polar surface area (TPSA) is 12.0 Å². The molecule has 1 saturated carbocycles. The summed E-state index contributed by atoms with van der Waals surface area (Å²) in [5.41, 5.74) is 0.155.